The van der Waals surface area contributed by atoms with Crippen molar-refractivity contribution in [2.45, 2.75) is 19.8 Å². The van der Waals surface area contributed by atoms with Crippen LogP contribution in [0.4, 0.5) is 4.39 Å². The molecule has 0 bridgehead atoms. The van der Waals surface area contributed by atoms with E-state index in [1.54, 1.807) is 6.07 Å². The molecule has 0 amide bonds. The number of hydrogen-bond acceptors (Lipinski definition) is 3. The highest BCUT2D eigenvalue weighted by Crippen LogP contribution is 2.29. The number of halogens is 1. The number of allylic oxidation sites excluding steroid dienone is 1. The number of fused-ring (bicyclic) bond motifs is 1. The van der Waals surface area contributed by atoms with E-state index in [4.69, 9.17) is 4.98 Å². The third-order valence-electron chi connectivity index (χ3n) is 6.19. The molecular weight excluding hydrogens is 401 g/mol. The molecular formula is C26H26FN5. The number of hydrogen-bond donors (Lipinski definition) is 3. The van der Waals surface area contributed by atoms with Gasteiger partial charge in [0, 0.05) is 10.8 Å². The van der Waals surface area contributed by atoms with Crippen LogP contribution in [-0.2, 0) is 0 Å². The van der Waals surface area contributed by atoms with Gasteiger partial charge in [0.25, 0.3) is 0 Å². The van der Waals surface area contributed by atoms with Crippen LogP contribution in [0.5, 0.6) is 0 Å². The summed E-state index contributed by atoms with van der Waals surface area (Å²) in [5.41, 5.74) is 5.23. The molecule has 3 N–H and O–H groups in total. The molecule has 1 aliphatic rings. The van der Waals surface area contributed by atoms with Crippen molar-refractivity contribution in [3.05, 3.63) is 71.0 Å². The van der Waals surface area contributed by atoms with Crippen molar-refractivity contribution in [3.8, 4) is 22.6 Å². The topological polar surface area (TPSA) is 69.4 Å². The van der Waals surface area contributed by atoms with Crippen molar-refractivity contribution >= 4 is 23.2 Å². The number of aromatic nitrogens is 4. The van der Waals surface area contributed by atoms with E-state index in [0.29, 0.717) is 11.7 Å². The largest absolute Gasteiger partial charge is 0.337 e. The minimum Gasteiger partial charge on any atom is -0.337 e. The Morgan fingerprint density at radius 2 is 1.97 bits per heavy atom. The number of para-hydroxylation sites is 1. The lowest BCUT2D eigenvalue weighted by molar-refractivity contribution is 0.428. The van der Waals surface area contributed by atoms with Gasteiger partial charge in [0.2, 0.25) is 0 Å². The van der Waals surface area contributed by atoms with Gasteiger partial charge in [-0.25, -0.2) is 9.37 Å². The fraction of sp³-hybridized carbons (Fsp3) is 0.231. The second-order valence-electron chi connectivity index (χ2n) is 8.23. The van der Waals surface area contributed by atoms with Gasteiger partial charge >= 0.3 is 0 Å². The molecule has 0 atom stereocenters. The molecule has 6 heteroatoms. The Morgan fingerprint density at radius 3 is 2.75 bits per heavy atom. The second kappa shape index (κ2) is 8.55. The van der Waals surface area contributed by atoms with Gasteiger partial charge in [-0.3, -0.25) is 5.10 Å². The molecule has 1 saturated heterocycles. The van der Waals surface area contributed by atoms with Crippen LogP contribution >= 0.6 is 0 Å². The Kier molecular flexibility index (Phi) is 5.45. The first-order valence-electron chi connectivity index (χ1n) is 11.0. The van der Waals surface area contributed by atoms with Gasteiger partial charge < -0.3 is 10.3 Å². The van der Waals surface area contributed by atoms with Crippen LogP contribution in [0.15, 0.2) is 54.6 Å². The Morgan fingerprint density at radius 1 is 1.16 bits per heavy atom. The van der Waals surface area contributed by atoms with Crippen molar-refractivity contribution in [1.29, 1.82) is 0 Å². The first kappa shape index (κ1) is 20.4. The van der Waals surface area contributed by atoms with E-state index in [9.17, 15) is 4.39 Å². The van der Waals surface area contributed by atoms with E-state index >= 15 is 0 Å². The first-order chi connectivity index (χ1) is 15.6. The molecule has 1 fully saturated rings. The number of benzene rings is 2. The van der Waals surface area contributed by atoms with Gasteiger partial charge in [-0.1, -0.05) is 42.5 Å². The zero-order chi connectivity index (χ0) is 22.1. The van der Waals surface area contributed by atoms with E-state index in [-0.39, 0.29) is 5.82 Å². The Bertz CT molecular complexity index is 1410. The molecule has 0 saturated carbocycles. The first-order valence-corrected chi connectivity index (χ1v) is 11.0. The van der Waals surface area contributed by atoms with E-state index in [2.05, 4.69) is 33.2 Å². The molecule has 4 aromatic rings. The maximum Gasteiger partial charge on any atom is 0.159 e. The van der Waals surface area contributed by atoms with Crippen LogP contribution < -0.4 is 15.9 Å². The maximum atomic E-state index is 13.8. The average Bonchev–Trinajstić information content (AvgIpc) is 3.43. The van der Waals surface area contributed by atoms with Crippen LogP contribution in [0.2, 0.25) is 0 Å². The van der Waals surface area contributed by atoms with Gasteiger partial charge in [0.1, 0.15) is 11.5 Å². The van der Waals surface area contributed by atoms with Gasteiger partial charge in [0.05, 0.1) is 16.4 Å². The van der Waals surface area contributed by atoms with Crippen LogP contribution in [0, 0.1) is 11.7 Å². The molecule has 0 unspecified atom stereocenters. The van der Waals surface area contributed by atoms with Gasteiger partial charge in [-0.15, -0.1) is 0 Å². The smallest absolute Gasteiger partial charge is 0.159 e. The molecule has 2 aromatic heterocycles. The minimum absolute atomic E-state index is 0.265. The summed E-state index contributed by atoms with van der Waals surface area (Å²) in [6.07, 6.45) is 6.34. The third-order valence-corrected chi connectivity index (χ3v) is 6.19. The van der Waals surface area contributed by atoms with E-state index < -0.39 is 0 Å². The number of imidazole rings is 1. The highest BCUT2D eigenvalue weighted by molar-refractivity contribution is 5.93. The Hall–Kier alpha value is -3.51. The number of piperidine rings is 1. The molecule has 1 aliphatic heterocycles. The summed E-state index contributed by atoms with van der Waals surface area (Å²) >= 11 is 0. The zero-order valence-corrected chi connectivity index (χ0v) is 18.1. The predicted octanol–water partition coefficient (Wildman–Crippen LogP) is 3.90. The molecule has 162 valence electrons. The fourth-order valence-corrected chi connectivity index (χ4v) is 4.44. The molecule has 5 nitrogen and oxygen atoms in total. The standard InChI is InChI=1S/C26H26FN5/c1-3-22-21(14-16(2)17-10-12-28-13-11-17)25(32-31-22)26-29-23-9-5-8-20(24(23)30-26)18-6-4-7-19(27)15-18/h3-9,14-15,17,28,31H,2,10-13H2,1H3,(H,29,30)/b21-14+,22-3+. The van der Waals surface area contributed by atoms with Crippen LogP contribution in [0.25, 0.3) is 45.8 Å². The van der Waals surface area contributed by atoms with Gasteiger partial charge in [-0.05, 0) is 68.6 Å². The second-order valence-corrected chi connectivity index (χ2v) is 8.23. The van der Waals surface area contributed by atoms with E-state index in [0.717, 1.165) is 69.9 Å². The average molecular weight is 428 g/mol. The molecule has 2 aromatic carbocycles. The predicted molar refractivity (Wildman–Crippen MR) is 128 cm³/mol. The van der Waals surface area contributed by atoms with E-state index in [1.165, 1.54) is 12.1 Å². The fourth-order valence-electron chi connectivity index (χ4n) is 4.44. The summed E-state index contributed by atoms with van der Waals surface area (Å²) in [6, 6.07) is 12.5. The molecule has 0 radical (unpaired) electrons. The number of rotatable bonds is 4. The molecule has 3 heterocycles. The summed E-state index contributed by atoms with van der Waals surface area (Å²) in [6.45, 7) is 8.40. The number of nitrogens with zero attached hydrogens (tertiary/aromatic N) is 2. The van der Waals surface area contributed by atoms with Crippen molar-refractivity contribution in [1.82, 2.24) is 25.5 Å². The zero-order valence-electron chi connectivity index (χ0n) is 18.1. The quantitative estimate of drug-likeness (QED) is 0.463. The van der Waals surface area contributed by atoms with Gasteiger partial charge in [0.15, 0.2) is 5.82 Å². The molecule has 0 aliphatic carbocycles. The van der Waals surface area contributed by atoms with Crippen molar-refractivity contribution in [2.24, 2.45) is 5.92 Å². The Balaban J connectivity index is 1.62. The summed E-state index contributed by atoms with van der Waals surface area (Å²) in [7, 11) is 0. The van der Waals surface area contributed by atoms with E-state index in [1.807, 2.05) is 37.3 Å². The number of H-pyrrole nitrogens is 2. The van der Waals surface area contributed by atoms with Crippen molar-refractivity contribution in [2.75, 3.05) is 13.1 Å². The monoisotopic (exact) mass is 427 g/mol. The highest BCUT2D eigenvalue weighted by atomic mass is 19.1. The number of aromatic amines is 2. The lowest BCUT2D eigenvalue weighted by atomic mass is 9.90. The summed E-state index contributed by atoms with van der Waals surface area (Å²) < 4.78 is 13.8. The van der Waals surface area contributed by atoms with Crippen LogP contribution in [0.3, 0.4) is 0 Å². The lowest BCUT2D eigenvalue weighted by Crippen LogP contribution is -2.29. The van der Waals surface area contributed by atoms with Crippen molar-refractivity contribution < 1.29 is 4.39 Å². The SMILES string of the molecule is C=C(/C=c1/c(-c2nc3c(-c4cccc(F)c4)cccc3[nH]2)n[nH]/c1=C/C)C1CCNCC1. The third kappa shape index (κ3) is 3.78. The summed E-state index contributed by atoms with van der Waals surface area (Å²) in [5, 5.41) is 13.0. The Labute approximate surface area is 185 Å². The summed E-state index contributed by atoms with van der Waals surface area (Å²) in [5.74, 6) is 0.885. The minimum atomic E-state index is -0.265. The van der Waals surface area contributed by atoms with Crippen LogP contribution in [0.1, 0.15) is 19.8 Å². The molecule has 5 rings (SSSR count). The van der Waals surface area contributed by atoms with Crippen molar-refractivity contribution in [3.63, 3.8) is 0 Å². The summed E-state index contributed by atoms with van der Waals surface area (Å²) in [4.78, 5) is 8.29. The maximum absolute atomic E-state index is 13.8. The lowest BCUT2D eigenvalue weighted by Gasteiger charge is -2.22. The normalized spacial score (nSPS) is 16.2. The highest BCUT2D eigenvalue weighted by Gasteiger charge is 2.17. The molecule has 0 spiro atoms. The van der Waals surface area contributed by atoms with Gasteiger partial charge in [-0.2, -0.15) is 5.10 Å². The molecule has 32 heavy (non-hydrogen) atoms. The van der Waals surface area contributed by atoms with Crippen LogP contribution in [-0.4, -0.2) is 33.3 Å². The number of nitrogens with one attached hydrogen (secondary N) is 3.